The highest BCUT2D eigenvalue weighted by molar-refractivity contribution is 5.74. The van der Waals surface area contributed by atoms with E-state index in [1.807, 2.05) is 0 Å². The Hall–Kier alpha value is -1.85. The second-order valence-electron chi connectivity index (χ2n) is 5.33. The van der Waals surface area contributed by atoms with Crippen LogP contribution in [0.15, 0.2) is 18.2 Å². The van der Waals surface area contributed by atoms with Gasteiger partial charge in [0.05, 0.1) is 6.54 Å². The predicted octanol–water partition coefficient (Wildman–Crippen LogP) is 2.79. The number of hydrogen-bond acceptors (Lipinski definition) is 2. The number of halogens is 2. The topological polar surface area (TPSA) is 41.6 Å². The molecule has 0 atom stereocenters. The molecule has 21 heavy (non-hydrogen) atoms. The molecule has 0 unspecified atom stereocenters. The number of nitrogens with one attached hydrogen (secondary N) is 1. The lowest BCUT2D eigenvalue weighted by atomic mass is 10.00. The zero-order valence-corrected chi connectivity index (χ0v) is 12.1. The van der Waals surface area contributed by atoms with Crippen molar-refractivity contribution in [2.45, 2.75) is 19.8 Å². The summed E-state index contributed by atoms with van der Waals surface area (Å²) in [4.78, 5) is 13.7. The minimum Gasteiger partial charge on any atom is -0.492 e. The number of hydrogen-bond donors (Lipinski definition) is 1. The highest BCUT2D eigenvalue weighted by atomic mass is 19.2. The van der Waals surface area contributed by atoms with Crippen LogP contribution in [0.5, 0.6) is 5.75 Å². The number of carbonyl (C=O) groups excluding carboxylic acids is 1. The maximum absolute atomic E-state index is 13.0. The highest BCUT2D eigenvalue weighted by Crippen LogP contribution is 2.16. The van der Waals surface area contributed by atoms with E-state index in [4.69, 9.17) is 4.74 Å². The van der Waals surface area contributed by atoms with E-state index in [-0.39, 0.29) is 18.4 Å². The van der Waals surface area contributed by atoms with Gasteiger partial charge >= 0.3 is 6.03 Å². The predicted molar refractivity (Wildman–Crippen MR) is 75.2 cm³/mol. The zero-order valence-electron chi connectivity index (χ0n) is 12.1. The van der Waals surface area contributed by atoms with Crippen LogP contribution in [0.2, 0.25) is 0 Å². The van der Waals surface area contributed by atoms with Gasteiger partial charge in [-0.3, -0.25) is 0 Å². The van der Waals surface area contributed by atoms with Crippen molar-refractivity contribution in [3.05, 3.63) is 29.8 Å². The number of likely N-dealkylation sites (tertiary alicyclic amines) is 1. The summed E-state index contributed by atoms with van der Waals surface area (Å²) in [5, 5.41) is 2.76. The Labute approximate surface area is 123 Å². The summed E-state index contributed by atoms with van der Waals surface area (Å²) in [6.45, 7) is 4.27. The van der Waals surface area contributed by atoms with Gasteiger partial charge in [0.1, 0.15) is 12.4 Å². The van der Waals surface area contributed by atoms with E-state index < -0.39 is 11.6 Å². The summed E-state index contributed by atoms with van der Waals surface area (Å²) in [6.07, 6.45) is 2.05. The Morgan fingerprint density at radius 1 is 1.33 bits per heavy atom. The quantitative estimate of drug-likeness (QED) is 0.869. The molecule has 0 saturated carbocycles. The lowest BCUT2D eigenvalue weighted by molar-refractivity contribution is 0.172. The summed E-state index contributed by atoms with van der Waals surface area (Å²) in [5.41, 5.74) is 0. The van der Waals surface area contributed by atoms with Crippen LogP contribution < -0.4 is 10.1 Å². The lowest BCUT2D eigenvalue weighted by Crippen LogP contribution is -2.45. The first kappa shape index (κ1) is 15.5. The molecule has 6 heteroatoms. The van der Waals surface area contributed by atoms with Gasteiger partial charge in [0.15, 0.2) is 11.6 Å². The highest BCUT2D eigenvalue weighted by Gasteiger charge is 2.19. The van der Waals surface area contributed by atoms with Crippen molar-refractivity contribution in [1.29, 1.82) is 0 Å². The van der Waals surface area contributed by atoms with Crippen molar-refractivity contribution in [1.82, 2.24) is 10.2 Å². The van der Waals surface area contributed by atoms with E-state index in [9.17, 15) is 13.6 Å². The van der Waals surface area contributed by atoms with Crippen molar-refractivity contribution in [3.8, 4) is 5.75 Å². The fraction of sp³-hybridized carbons (Fsp3) is 0.533. The van der Waals surface area contributed by atoms with Crippen LogP contribution >= 0.6 is 0 Å². The molecule has 4 nitrogen and oxygen atoms in total. The summed E-state index contributed by atoms with van der Waals surface area (Å²) in [7, 11) is 0. The molecule has 1 saturated heterocycles. The molecule has 0 bridgehead atoms. The Bertz CT molecular complexity index is 489. The lowest BCUT2D eigenvalue weighted by Gasteiger charge is -2.30. The fourth-order valence-corrected chi connectivity index (χ4v) is 2.22. The second-order valence-corrected chi connectivity index (χ2v) is 5.33. The largest absolute Gasteiger partial charge is 0.492 e. The van der Waals surface area contributed by atoms with Crippen molar-refractivity contribution in [2.75, 3.05) is 26.2 Å². The van der Waals surface area contributed by atoms with Gasteiger partial charge in [0.2, 0.25) is 0 Å². The average molecular weight is 298 g/mol. The molecule has 116 valence electrons. The van der Waals surface area contributed by atoms with Crippen molar-refractivity contribution in [2.24, 2.45) is 5.92 Å². The normalized spacial score (nSPS) is 15.9. The SMILES string of the molecule is CC1CCN(C(=O)NCCOc2ccc(F)c(F)c2)CC1. The van der Waals surface area contributed by atoms with Gasteiger partial charge in [-0.05, 0) is 30.9 Å². The number of benzene rings is 1. The summed E-state index contributed by atoms with van der Waals surface area (Å²) in [6, 6.07) is 3.25. The minimum absolute atomic E-state index is 0.101. The van der Waals surface area contributed by atoms with E-state index >= 15 is 0 Å². The van der Waals surface area contributed by atoms with Crippen LogP contribution in [0.4, 0.5) is 13.6 Å². The van der Waals surface area contributed by atoms with Crippen LogP contribution in [0.1, 0.15) is 19.8 Å². The molecule has 1 aliphatic heterocycles. The molecule has 0 aromatic heterocycles. The second kappa shape index (κ2) is 7.24. The Balaban J connectivity index is 1.67. The van der Waals surface area contributed by atoms with E-state index in [1.165, 1.54) is 6.07 Å². The van der Waals surface area contributed by atoms with Crippen LogP contribution in [0.3, 0.4) is 0 Å². The molecular formula is C15H20F2N2O2. The molecule has 0 spiro atoms. The molecule has 2 rings (SSSR count). The van der Waals surface area contributed by atoms with Gasteiger partial charge in [-0.15, -0.1) is 0 Å². The number of amides is 2. The first-order valence-electron chi connectivity index (χ1n) is 7.17. The van der Waals surface area contributed by atoms with Gasteiger partial charge in [-0.1, -0.05) is 6.92 Å². The molecule has 1 N–H and O–H groups in total. The summed E-state index contributed by atoms with van der Waals surface area (Å²) < 4.78 is 30.9. The molecule has 1 fully saturated rings. The molecule has 2 amide bonds. The van der Waals surface area contributed by atoms with Crippen LogP contribution in [-0.2, 0) is 0 Å². The molecule has 0 radical (unpaired) electrons. The zero-order chi connectivity index (χ0) is 15.2. The third kappa shape index (κ3) is 4.58. The number of carbonyl (C=O) groups is 1. The van der Waals surface area contributed by atoms with Crippen LogP contribution in [-0.4, -0.2) is 37.2 Å². The number of nitrogens with zero attached hydrogens (tertiary/aromatic N) is 1. The van der Waals surface area contributed by atoms with Gasteiger partial charge in [-0.2, -0.15) is 0 Å². The van der Waals surface area contributed by atoms with E-state index in [0.717, 1.165) is 38.1 Å². The van der Waals surface area contributed by atoms with Crippen molar-refractivity contribution in [3.63, 3.8) is 0 Å². The average Bonchev–Trinajstić information content (AvgIpc) is 2.47. The summed E-state index contributed by atoms with van der Waals surface area (Å²) >= 11 is 0. The molecule has 0 aliphatic carbocycles. The standard InChI is InChI=1S/C15H20F2N2O2/c1-11-4-7-19(8-5-11)15(20)18-6-9-21-12-2-3-13(16)14(17)10-12/h2-3,10-11H,4-9H2,1H3,(H,18,20). The number of rotatable bonds is 4. The maximum atomic E-state index is 13.0. The van der Waals surface area contributed by atoms with Crippen molar-refractivity contribution >= 4 is 6.03 Å². The van der Waals surface area contributed by atoms with Gasteiger partial charge in [0.25, 0.3) is 0 Å². The van der Waals surface area contributed by atoms with Gasteiger partial charge in [0, 0.05) is 19.2 Å². The van der Waals surface area contributed by atoms with E-state index in [2.05, 4.69) is 12.2 Å². The third-order valence-corrected chi connectivity index (χ3v) is 3.61. The Morgan fingerprint density at radius 2 is 2.05 bits per heavy atom. The first-order valence-corrected chi connectivity index (χ1v) is 7.17. The third-order valence-electron chi connectivity index (χ3n) is 3.61. The summed E-state index contributed by atoms with van der Waals surface area (Å²) in [5.74, 6) is -0.936. The van der Waals surface area contributed by atoms with Gasteiger partial charge in [-0.25, -0.2) is 13.6 Å². The maximum Gasteiger partial charge on any atom is 0.317 e. The van der Waals surface area contributed by atoms with E-state index in [0.29, 0.717) is 12.5 Å². The number of piperidine rings is 1. The van der Waals surface area contributed by atoms with Crippen LogP contribution in [0.25, 0.3) is 0 Å². The van der Waals surface area contributed by atoms with Gasteiger partial charge < -0.3 is 15.0 Å². The first-order chi connectivity index (χ1) is 10.1. The monoisotopic (exact) mass is 298 g/mol. The molecule has 1 aromatic carbocycles. The van der Waals surface area contributed by atoms with Crippen molar-refractivity contribution < 1.29 is 18.3 Å². The Morgan fingerprint density at radius 3 is 2.71 bits per heavy atom. The molecular weight excluding hydrogens is 278 g/mol. The molecule has 1 aliphatic rings. The van der Waals surface area contributed by atoms with Crippen LogP contribution in [0, 0.1) is 17.6 Å². The number of ether oxygens (including phenoxy) is 1. The van der Waals surface area contributed by atoms with E-state index in [1.54, 1.807) is 4.90 Å². The Kier molecular flexibility index (Phi) is 5.36. The fourth-order valence-electron chi connectivity index (χ4n) is 2.22. The molecule has 1 heterocycles. The number of urea groups is 1. The molecule has 1 aromatic rings. The smallest absolute Gasteiger partial charge is 0.317 e. The minimum atomic E-state index is -0.945.